The lowest BCUT2D eigenvalue weighted by Gasteiger charge is -2.06. The number of ketones is 1. The van der Waals surface area contributed by atoms with Crippen molar-refractivity contribution < 1.29 is 22.7 Å². The van der Waals surface area contributed by atoms with Gasteiger partial charge in [0.1, 0.15) is 13.2 Å². The predicted molar refractivity (Wildman–Crippen MR) is 67.2 cm³/mol. The topological polar surface area (TPSA) is 42.1 Å². The monoisotopic (exact) mass is 335 g/mol. The van der Waals surface area contributed by atoms with Crippen molar-refractivity contribution in [1.82, 2.24) is 4.98 Å². The fourth-order valence-electron chi connectivity index (χ4n) is 1.67. The van der Waals surface area contributed by atoms with E-state index in [1.54, 1.807) is 18.2 Å². The summed E-state index contributed by atoms with van der Waals surface area (Å²) in [6.45, 7) is -2.02. The number of carbonyl (C=O) groups excluding carboxylic acids is 1. The van der Waals surface area contributed by atoms with Crippen LogP contribution in [0.15, 0.2) is 28.9 Å². The molecule has 0 amide bonds. The quantitative estimate of drug-likeness (QED) is 0.866. The van der Waals surface area contributed by atoms with E-state index < -0.39 is 25.2 Å². The number of nitrogens with one attached hydrogen (secondary N) is 1. The summed E-state index contributed by atoms with van der Waals surface area (Å²) in [6.07, 6.45) is -2.96. The molecule has 0 atom stereocenters. The SMILES string of the molecule is O=C(COCC(F)(F)F)c1c[nH]c2cc(Br)ccc12. The summed E-state index contributed by atoms with van der Waals surface area (Å²) in [4.78, 5) is 14.7. The van der Waals surface area contributed by atoms with Crippen molar-refractivity contribution in [3.05, 3.63) is 34.4 Å². The molecule has 7 heteroatoms. The highest BCUT2D eigenvalue weighted by Gasteiger charge is 2.28. The second-order valence-electron chi connectivity index (χ2n) is 3.92. The summed E-state index contributed by atoms with van der Waals surface area (Å²) in [5.41, 5.74) is 1.05. The molecule has 2 rings (SSSR count). The van der Waals surface area contributed by atoms with Gasteiger partial charge in [0.15, 0.2) is 5.78 Å². The number of ether oxygens (including phenoxy) is 1. The Bertz CT molecular complexity index is 607. The van der Waals surface area contributed by atoms with Crippen LogP contribution in [-0.4, -0.2) is 30.2 Å². The average Bonchev–Trinajstić information content (AvgIpc) is 2.69. The van der Waals surface area contributed by atoms with Crippen LogP contribution < -0.4 is 0 Å². The standard InChI is InChI=1S/C12H9BrF3NO2/c13-7-1-2-8-9(4-17-10(8)3-7)11(18)5-19-6-12(14,15)16/h1-4,17H,5-6H2. The number of halogens is 4. The van der Waals surface area contributed by atoms with Crippen molar-refractivity contribution in [3.63, 3.8) is 0 Å². The lowest BCUT2D eigenvalue weighted by Crippen LogP contribution is -2.20. The lowest BCUT2D eigenvalue weighted by molar-refractivity contribution is -0.170. The van der Waals surface area contributed by atoms with E-state index in [-0.39, 0.29) is 0 Å². The van der Waals surface area contributed by atoms with Gasteiger partial charge >= 0.3 is 6.18 Å². The Labute approximate surface area is 114 Å². The Morgan fingerprint density at radius 1 is 1.37 bits per heavy atom. The molecule has 0 saturated carbocycles. The second kappa shape index (κ2) is 5.34. The van der Waals surface area contributed by atoms with Gasteiger partial charge in [-0.25, -0.2) is 0 Å². The molecule has 0 fully saturated rings. The molecule has 0 aliphatic carbocycles. The first-order valence-electron chi connectivity index (χ1n) is 5.31. The Hall–Kier alpha value is -1.34. The van der Waals surface area contributed by atoms with E-state index in [2.05, 4.69) is 25.7 Å². The van der Waals surface area contributed by atoms with Crippen molar-refractivity contribution in [2.75, 3.05) is 13.2 Å². The highest BCUT2D eigenvalue weighted by molar-refractivity contribution is 9.10. The smallest absolute Gasteiger partial charge is 0.364 e. The maximum absolute atomic E-state index is 11.9. The summed E-state index contributed by atoms with van der Waals surface area (Å²) >= 11 is 3.29. The molecule has 1 aromatic heterocycles. The van der Waals surface area contributed by atoms with E-state index in [1.807, 2.05) is 0 Å². The number of hydrogen-bond donors (Lipinski definition) is 1. The molecule has 0 saturated heterocycles. The maximum atomic E-state index is 11.9. The second-order valence-corrected chi connectivity index (χ2v) is 4.84. The van der Waals surface area contributed by atoms with Crippen LogP contribution in [0.5, 0.6) is 0 Å². The van der Waals surface area contributed by atoms with Crippen molar-refractivity contribution in [1.29, 1.82) is 0 Å². The zero-order valence-electron chi connectivity index (χ0n) is 9.55. The fraction of sp³-hybridized carbons (Fsp3) is 0.250. The third kappa shape index (κ3) is 3.57. The number of rotatable bonds is 4. The summed E-state index contributed by atoms with van der Waals surface area (Å²) in [5.74, 6) is -0.488. The molecular formula is C12H9BrF3NO2. The van der Waals surface area contributed by atoms with Crippen LogP contribution in [0.4, 0.5) is 13.2 Å². The Morgan fingerprint density at radius 2 is 2.11 bits per heavy atom. The van der Waals surface area contributed by atoms with Crippen LogP contribution in [0.2, 0.25) is 0 Å². The number of fused-ring (bicyclic) bond motifs is 1. The molecule has 2 aromatic rings. The van der Waals surface area contributed by atoms with Gasteiger partial charge in [-0.05, 0) is 12.1 Å². The molecule has 3 nitrogen and oxygen atoms in total. The van der Waals surface area contributed by atoms with Crippen LogP contribution in [0, 0.1) is 0 Å². The summed E-state index contributed by atoms with van der Waals surface area (Å²) in [6, 6.07) is 5.25. The molecule has 19 heavy (non-hydrogen) atoms. The van der Waals surface area contributed by atoms with Crippen LogP contribution in [0.1, 0.15) is 10.4 Å². The van der Waals surface area contributed by atoms with Gasteiger partial charge in [-0.2, -0.15) is 13.2 Å². The number of alkyl halides is 3. The molecule has 0 unspecified atom stereocenters. The number of hydrogen-bond acceptors (Lipinski definition) is 2. The van der Waals surface area contributed by atoms with Gasteiger partial charge in [0.05, 0.1) is 0 Å². The predicted octanol–water partition coefficient (Wildman–Crippen LogP) is 3.69. The number of H-pyrrole nitrogens is 1. The van der Waals surface area contributed by atoms with Crippen molar-refractivity contribution >= 4 is 32.6 Å². The number of carbonyl (C=O) groups is 1. The number of aromatic nitrogens is 1. The van der Waals surface area contributed by atoms with E-state index >= 15 is 0 Å². The minimum absolute atomic E-state index is 0.324. The van der Waals surface area contributed by atoms with Gasteiger partial charge in [-0.15, -0.1) is 0 Å². The van der Waals surface area contributed by atoms with Crippen molar-refractivity contribution in [2.24, 2.45) is 0 Å². The lowest BCUT2D eigenvalue weighted by atomic mass is 10.1. The molecule has 0 bridgehead atoms. The van der Waals surface area contributed by atoms with Gasteiger partial charge in [-0.1, -0.05) is 22.0 Å². The Morgan fingerprint density at radius 3 is 2.79 bits per heavy atom. The molecule has 0 radical (unpaired) electrons. The fourth-order valence-corrected chi connectivity index (χ4v) is 2.03. The van der Waals surface area contributed by atoms with Gasteiger partial charge in [0, 0.05) is 27.1 Å². The Balaban J connectivity index is 2.09. The molecular weight excluding hydrogens is 327 g/mol. The molecule has 1 heterocycles. The number of benzene rings is 1. The number of aromatic amines is 1. The first-order valence-corrected chi connectivity index (χ1v) is 6.10. The van der Waals surface area contributed by atoms with Crippen molar-refractivity contribution in [3.8, 4) is 0 Å². The molecule has 1 aromatic carbocycles. The van der Waals surface area contributed by atoms with E-state index in [0.29, 0.717) is 10.9 Å². The average molecular weight is 336 g/mol. The van der Waals surface area contributed by atoms with Crippen LogP contribution >= 0.6 is 15.9 Å². The van der Waals surface area contributed by atoms with Crippen LogP contribution in [-0.2, 0) is 4.74 Å². The first-order chi connectivity index (χ1) is 8.87. The molecule has 102 valence electrons. The summed E-state index contributed by atoms with van der Waals surface area (Å²) in [7, 11) is 0. The van der Waals surface area contributed by atoms with Crippen LogP contribution in [0.3, 0.4) is 0 Å². The van der Waals surface area contributed by atoms with E-state index in [0.717, 1.165) is 9.99 Å². The third-order valence-corrected chi connectivity index (χ3v) is 2.94. The minimum Gasteiger partial charge on any atom is -0.364 e. The zero-order chi connectivity index (χ0) is 14.0. The zero-order valence-corrected chi connectivity index (χ0v) is 11.1. The summed E-state index contributed by atoms with van der Waals surface area (Å²) < 4.78 is 40.9. The Kier molecular flexibility index (Phi) is 3.96. The molecule has 0 aliphatic rings. The maximum Gasteiger partial charge on any atom is 0.411 e. The summed E-state index contributed by atoms with van der Waals surface area (Å²) in [5, 5.41) is 0.656. The van der Waals surface area contributed by atoms with Gasteiger partial charge < -0.3 is 9.72 Å². The van der Waals surface area contributed by atoms with Gasteiger partial charge in [-0.3, -0.25) is 4.79 Å². The molecule has 0 aliphatic heterocycles. The van der Waals surface area contributed by atoms with E-state index in [4.69, 9.17) is 0 Å². The normalized spacial score (nSPS) is 12.0. The van der Waals surface area contributed by atoms with E-state index in [1.165, 1.54) is 6.20 Å². The largest absolute Gasteiger partial charge is 0.411 e. The van der Waals surface area contributed by atoms with Crippen LogP contribution in [0.25, 0.3) is 10.9 Å². The highest BCUT2D eigenvalue weighted by atomic mass is 79.9. The number of Topliss-reactive ketones (excluding diaryl/α,β-unsaturated/α-hetero) is 1. The van der Waals surface area contributed by atoms with Gasteiger partial charge in [0.25, 0.3) is 0 Å². The molecule has 0 spiro atoms. The molecule has 1 N–H and O–H groups in total. The van der Waals surface area contributed by atoms with Gasteiger partial charge in [0.2, 0.25) is 0 Å². The highest BCUT2D eigenvalue weighted by Crippen LogP contribution is 2.23. The first kappa shape index (κ1) is 14.1. The third-order valence-electron chi connectivity index (χ3n) is 2.44. The minimum atomic E-state index is -4.43. The van der Waals surface area contributed by atoms with Crippen molar-refractivity contribution in [2.45, 2.75) is 6.18 Å². The van der Waals surface area contributed by atoms with E-state index in [9.17, 15) is 18.0 Å².